The topological polar surface area (TPSA) is 78.5 Å². The van der Waals surface area contributed by atoms with Crippen LogP contribution in [0.2, 0.25) is 0 Å². The van der Waals surface area contributed by atoms with Crippen molar-refractivity contribution in [1.29, 1.82) is 0 Å². The molecule has 1 spiro atoms. The zero-order chi connectivity index (χ0) is 18.9. The largest absolute Gasteiger partial charge is 0.353 e. The van der Waals surface area contributed by atoms with E-state index in [9.17, 15) is 14.4 Å². The van der Waals surface area contributed by atoms with E-state index in [2.05, 4.69) is 10.6 Å². The van der Waals surface area contributed by atoms with Crippen molar-refractivity contribution in [1.82, 2.24) is 15.5 Å². The second-order valence-electron chi connectivity index (χ2n) is 9.16. The number of nitrogens with zero attached hydrogens (tertiary/aromatic N) is 1. The Kier molecular flexibility index (Phi) is 5.42. The summed E-state index contributed by atoms with van der Waals surface area (Å²) < 4.78 is 0. The van der Waals surface area contributed by atoms with Crippen molar-refractivity contribution in [2.45, 2.75) is 95.1 Å². The Morgan fingerprint density at radius 1 is 1.04 bits per heavy atom. The molecule has 4 rings (SSSR count). The smallest absolute Gasteiger partial charge is 0.325 e. The van der Waals surface area contributed by atoms with Gasteiger partial charge in [-0.15, -0.1) is 0 Å². The molecule has 3 aliphatic carbocycles. The molecule has 27 heavy (non-hydrogen) atoms. The van der Waals surface area contributed by atoms with Crippen molar-refractivity contribution in [2.24, 2.45) is 11.8 Å². The lowest BCUT2D eigenvalue weighted by Crippen LogP contribution is -2.44. The van der Waals surface area contributed by atoms with E-state index in [1.807, 2.05) is 0 Å². The number of hydrogen-bond acceptors (Lipinski definition) is 3. The number of hydrogen-bond donors (Lipinski definition) is 2. The van der Waals surface area contributed by atoms with Gasteiger partial charge in [0.25, 0.3) is 5.91 Å². The zero-order valence-electron chi connectivity index (χ0n) is 16.3. The third-order valence-corrected chi connectivity index (χ3v) is 7.39. The van der Waals surface area contributed by atoms with Gasteiger partial charge in [0, 0.05) is 19.0 Å². The first-order valence-corrected chi connectivity index (χ1v) is 11.0. The molecule has 3 atom stereocenters. The monoisotopic (exact) mass is 375 g/mol. The van der Waals surface area contributed by atoms with Gasteiger partial charge in [-0.1, -0.05) is 38.5 Å². The Hall–Kier alpha value is -1.59. The van der Waals surface area contributed by atoms with E-state index >= 15 is 0 Å². The maximum absolute atomic E-state index is 12.6. The molecular formula is C21H33N3O3. The van der Waals surface area contributed by atoms with Gasteiger partial charge in [0.2, 0.25) is 5.91 Å². The van der Waals surface area contributed by atoms with Crippen LogP contribution in [0.5, 0.6) is 0 Å². The van der Waals surface area contributed by atoms with Crippen LogP contribution in [0.3, 0.4) is 0 Å². The van der Waals surface area contributed by atoms with Crippen LogP contribution in [0.4, 0.5) is 4.79 Å². The molecule has 6 heteroatoms. The van der Waals surface area contributed by atoms with Crippen molar-refractivity contribution in [3.8, 4) is 0 Å². The summed E-state index contributed by atoms with van der Waals surface area (Å²) in [5, 5.41) is 6.10. The van der Waals surface area contributed by atoms with Crippen LogP contribution in [-0.4, -0.2) is 40.9 Å². The van der Waals surface area contributed by atoms with E-state index in [1.54, 1.807) is 0 Å². The van der Waals surface area contributed by atoms with Crippen LogP contribution in [-0.2, 0) is 9.59 Å². The lowest BCUT2D eigenvalue weighted by atomic mass is 9.69. The van der Waals surface area contributed by atoms with E-state index in [0.717, 1.165) is 50.4 Å². The molecule has 150 valence electrons. The van der Waals surface area contributed by atoms with Gasteiger partial charge < -0.3 is 10.6 Å². The van der Waals surface area contributed by atoms with E-state index in [1.165, 1.54) is 37.0 Å². The summed E-state index contributed by atoms with van der Waals surface area (Å²) in [5.74, 6) is 1.67. The zero-order valence-corrected chi connectivity index (χ0v) is 16.3. The minimum absolute atomic E-state index is 0.0666. The summed E-state index contributed by atoms with van der Waals surface area (Å²) in [5.41, 5.74) is -0.641. The van der Waals surface area contributed by atoms with E-state index in [-0.39, 0.29) is 17.8 Å². The van der Waals surface area contributed by atoms with Gasteiger partial charge >= 0.3 is 6.03 Å². The van der Waals surface area contributed by atoms with Crippen molar-refractivity contribution in [2.75, 3.05) is 6.54 Å². The van der Waals surface area contributed by atoms with Gasteiger partial charge in [0.15, 0.2) is 0 Å². The SMILES string of the molecule is O=C(CCCN1C(=O)NC2(CCCC2)C1=O)NC1CCC2CCCCC2C1. The normalized spacial score (nSPS) is 32.4. The maximum Gasteiger partial charge on any atom is 0.325 e. The molecule has 0 aromatic carbocycles. The first-order chi connectivity index (χ1) is 13.1. The first kappa shape index (κ1) is 18.8. The minimum atomic E-state index is -0.641. The molecule has 3 saturated carbocycles. The number of amides is 4. The number of carbonyl (C=O) groups is 3. The molecule has 2 N–H and O–H groups in total. The fourth-order valence-electron chi connectivity index (χ4n) is 5.90. The third kappa shape index (κ3) is 3.85. The number of urea groups is 1. The number of imide groups is 1. The van der Waals surface area contributed by atoms with Crippen LogP contribution in [0.25, 0.3) is 0 Å². The lowest BCUT2D eigenvalue weighted by molar-refractivity contribution is -0.131. The average Bonchev–Trinajstić information content (AvgIpc) is 3.22. The maximum atomic E-state index is 12.6. The molecular weight excluding hydrogens is 342 g/mol. The molecule has 0 aromatic heterocycles. The molecule has 4 aliphatic rings. The highest BCUT2D eigenvalue weighted by atomic mass is 16.2. The summed E-state index contributed by atoms with van der Waals surface area (Å²) in [6, 6.07) is 0.0354. The quantitative estimate of drug-likeness (QED) is 0.725. The van der Waals surface area contributed by atoms with Crippen molar-refractivity contribution in [3.63, 3.8) is 0 Å². The van der Waals surface area contributed by atoms with Crippen LogP contribution < -0.4 is 10.6 Å². The molecule has 1 heterocycles. The van der Waals surface area contributed by atoms with Crippen LogP contribution in [0, 0.1) is 11.8 Å². The highest BCUT2D eigenvalue weighted by Gasteiger charge is 2.52. The van der Waals surface area contributed by atoms with Crippen molar-refractivity contribution >= 4 is 17.8 Å². The number of nitrogens with one attached hydrogen (secondary N) is 2. The van der Waals surface area contributed by atoms with E-state index in [4.69, 9.17) is 0 Å². The lowest BCUT2D eigenvalue weighted by Gasteiger charge is -2.39. The Labute approximate surface area is 161 Å². The van der Waals surface area contributed by atoms with Gasteiger partial charge in [-0.2, -0.15) is 0 Å². The van der Waals surface area contributed by atoms with Crippen LogP contribution in [0.1, 0.15) is 83.5 Å². The highest BCUT2D eigenvalue weighted by Crippen LogP contribution is 2.40. The second kappa shape index (κ2) is 7.80. The molecule has 0 aromatic rings. The van der Waals surface area contributed by atoms with Crippen LogP contribution >= 0.6 is 0 Å². The molecule has 4 amide bonds. The van der Waals surface area contributed by atoms with E-state index < -0.39 is 5.54 Å². The fraction of sp³-hybridized carbons (Fsp3) is 0.857. The molecule has 4 fully saturated rings. The number of carbonyl (C=O) groups excluding carboxylic acids is 3. The predicted molar refractivity (Wildman–Crippen MR) is 102 cm³/mol. The van der Waals surface area contributed by atoms with Gasteiger partial charge in [-0.05, 0) is 50.4 Å². The summed E-state index contributed by atoms with van der Waals surface area (Å²) in [6.45, 7) is 0.342. The second-order valence-corrected chi connectivity index (χ2v) is 9.16. The molecule has 0 radical (unpaired) electrons. The molecule has 1 saturated heterocycles. The van der Waals surface area contributed by atoms with E-state index in [0.29, 0.717) is 25.4 Å². The number of rotatable bonds is 5. The summed E-state index contributed by atoms with van der Waals surface area (Å²) in [6.07, 6.45) is 13.3. The molecule has 6 nitrogen and oxygen atoms in total. The van der Waals surface area contributed by atoms with Gasteiger partial charge in [0.05, 0.1) is 0 Å². The van der Waals surface area contributed by atoms with Gasteiger partial charge in [0.1, 0.15) is 5.54 Å². The molecule has 1 aliphatic heterocycles. The van der Waals surface area contributed by atoms with Gasteiger partial charge in [-0.25, -0.2) is 4.79 Å². The number of fused-ring (bicyclic) bond motifs is 1. The first-order valence-electron chi connectivity index (χ1n) is 11.0. The average molecular weight is 376 g/mol. The summed E-state index contributed by atoms with van der Waals surface area (Å²) in [7, 11) is 0. The summed E-state index contributed by atoms with van der Waals surface area (Å²) >= 11 is 0. The predicted octanol–water partition coefficient (Wildman–Crippen LogP) is 3.11. The Bertz CT molecular complexity index is 599. The standard InChI is InChI=1S/C21H33N3O3/c25-18(22-17-10-9-15-6-1-2-7-16(15)14-17)8-5-13-24-19(26)21(23-20(24)27)11-3-4-12-21/h15-17H,1-14H2,(H,22,25)(H,23,27). The van der Waals surface area contributed by atoms with Gasteiger partial charge in [-0.3, -0.25) is 14.5 Å². The minimum Gasteiger partial charge on any atom is -0.353 e. The summed E-state index contributed by atoms with van der Waals surface area (Å²) in [4.78, 5) is 38.4. The Balaban J connectivity index is 1.20. The molecule has 3 unspecified atom stereocenters. The molecule has 0 bridgehead atoms. The Morgan fingerprint density at radius 3 is 2.56 bits per heavy atom. The van der Waals surface area contributed by atoms with Crippen LogP contribution in [0.15, 0.2) is 0 Å². The van der Waals surface area contributed by atoms with Crippen molar-refractivity contribution < 1.29 is 14.4 Å². The van der Waals surface area contributed by atoms with Crippen molar-refractivity contribution in [3.05, 3.63) is 0 Å². The third-order valence-electron chi connectivity index (χ3n) is 7.39. The fourth-order valence-corrected chi connectivity index (χ4v) is 5.90. The highest BCUT2D eigenvalue weighted by molar-refractivity contribution is 6.07. The Morgan fingerprint density at radius 2 is 1.78 bits per heavy atom.